The number of rotatable bonds is 3. The van der Waals surface area contributed by atoms with Gasteiger partial charge in [-0.3, -0.25) is 9.36 Å². The lowest BCUT2D eigenvalue weighted by molar-refractivity contribution is 0.0741. The second-order valence-corrected chi connectivity index (χ2v) is 6.92. The third-order valence-electron chi connectivity index (χ3n) is 4.72. The van der Waals surface area contributed by atoms with Gasteiger partial charge in [0, 0.05) is 55.3 Å². The van der Waals surface area contributed by atoms with Crippen LogP contribution in [0.2, 0.25) is 5.02 Å². The standard InChI is InChI=1S/C20H17ClF2N4O/c21-14-2-1-3-16(12-14)27-7-6-24-20(27)26-10-8-25(9-11-26)19(28)17-5-4-15(22)13-18(17)23/h1-7,12-13H,8-11H2. The van der Waals surface area contributed by atoms with Gasteiger partial charge in [-0.15, -0.1) is 0 Å². The van der Waals surface area contributed by atoms with E-state index in [-0.39, 0.29) is 5.56 Å². The van der Waals surface area contributed by atoms with Gasteiger partial charge < -0.3 is 9.80 Å². The van der Waals surface area contributed by atoms with Crippen molar-refractivity contribution in [3.63, 3.8) is 0 Å². The zero-order chi connectivity index (χ0) is 19.7. The summed E-state index contributed by atoms with van der Waals surface area (Å²) in [6.45, 7) is 1.92. The summed E-state index contributed by atoms with van der Waals surface area (Å²) in [5.74, 6) is -1.23. The summed E-state index contributed by atoms with van der Waals surface area (Å²) in [5, 5.41) is 0.633. The van der Waals surface area contributed by atoms with Crippen molar-refractivity contribution < 1.29 is 13.6 Å². The van der Waals surface area contributed by atoms with Gasteiger partial charge in [-0.1, -0.05) is 17.7 Å². The van der Waals surface area contributed by atoms with Crippen molar-refractivity contribution in [2.24, 2.45) is 0 Å². The Hall–Kier alpha value is -2.93. The molecule has 28 heavy (non-hydrogen) atoms. The van der Waals surface area contributed by atoms with Gasteiger partial charge in [-0.25, -0.2) is 13.8 Å². The normalized spacial score (nSPS) is 14.4. The number of piperazine rings is 1. The highest BCUT2D eigenvalue weighted by Crippen LogP contribution is 2.22. The first-order valence-corrected chi connectivity index (χ1v) is 9.19. The molecular weight excluding hydrogens is 386 g/mol. The average Bonchev–Trinajstić information content (AvgIpc) is 3.17. The number of halogens is 3. The second kappa shape index (κ2) is 7.59. The molecule has 1 amide bonds. The van der Waals surface area contributed by atoms with E-state index in [0.717, 1.165) is 23.8 Å². The van der Waals surface area contributed by atoms with Crippen LogP contribution in [0.5, 0.6) is 0 Å². The van der Waals surface area contributed by atoms with E-state index in [2.05, 4.69) is 9.88 Å². The van der Waals surface area contributed by atoms with Crippen LogP contribution in [0.4, 0.5) is 14.7 Å². The van der Waals surface area contributed by atoms with E-state index in [1.807, 2.05) is 29.0 Å². The molecule has 2 aromatic carbocycles. The molecule has 1 aliphatic rings. The van der Waals surface area contributed by atoms with Crippen LogP contribution in [0.3, 0.4) is 0 Å². The third kappa shape index (κ3) is 3.57. The SMILES string of the molecule is O=C(c1ccc(F)cc1F)N1CCN(c2nccn2-c2cccc(Cl)c2)CC1. The minimum absolute atomic E-state index is 0.115. The molecule has 0 bridgehead atoms. The van der Waals surface area contributed by atoms with E-state index in [1.54, 1.807) is 17.2 Å². The summed E-state index contributed by atoms with van der Waals surface area (Å²) in [6, 6.07) is 10.5. The van der Waals surface area contributed by atoms with E-state index in [4.69, 9.17) is 11.6 Å². The van der Waals surface area contributed by atoms with Crippen molar-refractivity contribution in [3.8, 4) is 5.69 Å². The summed E-state index contributed by atoms with van der Waals surface area (Å²) in [7, 11) is 0. The Morgan fingerprint density at radius 1 is 1.04 bits per heavy atom. The highest BCUT2D eigenvalue weighted by molar-refractivity contribution is 6.30. The van der Waals surface area contributed by atoms with Crippen molar-refractivity contribution in [1.82, 2.24) is 14.5 Å². The van der Waals surface area contributed by atoms with Crippen LogP contribution < -0.4 is 4.90 Å². The number of amides is 1. The van der Waals surface area contributed by atoms with Crippen LogP contribution in [-0.2, 0) is 0 Å². The maximum atomic E-state index is 13.9. The molecule has 0 N–H and O–H groups in total. The van der Waals surface area contributed by atoms with Gasteiger partial charge in [0.15, 0.2) is 0 Å². The number of nitrogens with zero attached hydrogens (tertiary/aromatic N) is 4. The Balaban J connectivity index is 1.48. The molecule has 2 heterocycles. The second-order valence-electron chi connectivity index (χ2n) is 6.48. The van der Waals surface area contributed by atoms with Gasteiger partial charge >= 0.3 is 0 Å². The predicted octanol–water partition coefficient (Wildman–Crippen LogP) is 3.77. The molecule has 0 radical (unpaired) electrons. The van der Waals surface area contributed by atoms with Gasteiger partial charge in [0.2, 0.25) is 5.95 Å². The van der Waals surface area contributed by atoms with Crippen LogP contribution in [0, 0.1) is 11.6 Å². The number of carbonyl (C=O) groups excluding carboxylic acids is 1. The number of carbonyl (C=O) groups is 1. The van der Waals surface area contributed by atoms with Gasteiger partial charge in [0.1, 0.15) is 11.6 Å². The van der Waals surface area contributed by atoms with Gasteiger partial charge in [-0.05, 0) is 30.3 Å². The van der Waals surface area contributed by atoms with E-state index in [0.29, 0.717) is 31.2 Å². The van der Waals surface area contributed by atoms with Crippen molar-refractivity contribution in [2.75, 3.05) is 31.1 Å². The fourth-order valence-corrected chi connectivity index (χ4v) is 3.48. The van der Waals surface area contributed by atoms with Crippen LogP contribution in [-0.4, -0.2) is 46.5 Å². The lowest BCUT2D eigenvalue weighted by atomic mass is 10.1. The highest BCUT2D eigenvalue weighted by Gasteiger charge is 2.26. The van der Waals surface area contributed by atoms with E-state index >= 15 is 0 Å². The number of anilines is 1. The van der Waals surface area contributed by atoms with Crippen molar-refractivity contribution in [1.29, 1.82) is 0 Å². The van der Waals surface area contributed by atoms with Crippen molar-refractivity contribution >= 4 is 23.5 Å². The molecule has 5 nitrogen and oxygen atoms in total. The third-order valence-corrected chi connectivity index (χ3v) is 4.95. The summed E-state index contributed by atoms with van der Waals surface area (Å²) in [5.41, 5.74) is 0.780. The molecule has 0 atom stereocenters. The smallest absolute Gasteiger partial charge is 0.256 e. The monoisotopic (exact) mass is 402 g/mol. The average molecular weight is 403 g/mol. The summed E-state index contributed by atoms with van der Waals surface area (Å²) in [6.07, 6.45) is 3.56. The Morgan fingerprint density at radius 2 is 1.82 bits per heavy atom. The highest BCUT2D eigenvalue weighted by atomic mass is 35.5. The summed E-state index contributed by atoms with van der Waals surface area (Å²) in [4.78, 5) is 20.6. The van der Waals surface area contributed by atoms with Crippen LogP contribution in [0.25, 0.3) is 5.69 Å². The molecule has 1 aliphatic heterocycles. The van der Waals surface area contributed by atoms with E-state index < -0.39 is 17.5 Å². The molecule has 3 aromatic rings. The zero-order valence-corrected chi connectivity index (χ0v) is 15.6. The molecule has 1 fully saturated rings. The molecule has 0 aliphatic carbocycles. The molecule has 0 spiro atoms. The predicted molar refractivity (Wildman–Crippen MR) is 103 cm³/mol. The number of hydrogen-bond acceptors (Lipinski definition) is 3. The number of hydrogen-bond donors (Lipinski definition) is 0. The van der Waals surface area contributed by atoms with E-state index in [1.165, 1.54) is 6.07 Å². The number of aromatic nitrogens is 2. The molecule has 0 saturated carbocycles. The Labute approximate surface area is 165 Å². The molecule has 144 valence electrons. The Bertz CT molecular complexity index is 1010. The quantitative estimate of drug-likeness (QED) is 0.669. The number of imidazole rings is 1. The maximum Gasteiger partial charge on any atom is 0.256 e. The fourth-order valence-electron chi connectivity index (χ4n) is 3.30. The summed E-state index contributed by atoms with van der Waals surface area (Å²) < 4.78 is 28.9. The minimum Gasteiger partial charge on any atom is -0.338 e. The van der Waals surface area contributed by atoms with Crippen molar-refractivity contribution in [3.05, 3.63) is 77.1 Å². The topological polar surface area (TPSA) is 41.4 Å². The fraction of sp³-hybridized carbons (Fsp3) is 0.200. The maximum absolute atomic E-state index is 13.9. The van der Waals surface area contributed by atoms with Gasteiger partial charge in [0.25, 0.3) is 5.91 Å². The first-order chi connectivity index (χ1) is 13.5. The lowest BCUT2D eigenvalue weighted by Crippen LogP contribution is -2.49. The molecule has 0 unspecified atom stereocenters. The lowest BCUT2D eigenvalue weighted by Gasteiger charge is -2.35. The number of benzene rings is 2. The molecule has 4 rings (SSSR count). The van der Waals surface area contributed by atoms with Crippen molar-refractivity contribution in [2.45, 2.75) is 0 Å². The van der Waals surface area contributed by atoms with Crippen LogP contribution in [0.1, 0.15) is 10.4 Å². The molecule has 8 heteroatoms. The molecular formula is C20H17ClF2N4O. The molecule has 1 aromatic heterocycles. The minimum atomic E-state index is -0.844. The van der Waals surface area contributed by atoms with Crippen LogP contribution >= 0.6 is 11.6 Å². The Morgan fingerprint density at radius 3 is 2.54 bits per heavy atom. The Kier molecular flexibility index (Phi) is 5.00. The first kappa shape index (κ1) is 18.4. The summed E-state index contributed by atoms with van der Waals surface area (Å²) >= 11 is 6.09. The van der Waals surface area contributed by atoms with Gasteiger partial charge in [0.05, 0.1) is 5.56 Å². The first-order valence-electron chi connectivity index (χ1n) is 8.81. The molecule has 1 saturated heterocycles. The largest absolute Gasteiger partial charge is 0.338 e. The van der Waals surface area contributed by atoms with Crippen LogP contribution in [0.15, 0.2) is 54.9 Å². The zero-order valence-electron chi connectivity index (χ0n) is 14.9. The van der Waals surface area contributed by atoms with E-state index in [9.17, 15) is 13.6 Å². The van der Waals surface area contributed by atoms with Gasteiger partial charge in [-0.2, -0.15) is 0 Å².